The van der Waals surface area contributed by atoms with Crippen molar-refractivity contribution in [3.05, 3.63) is 65.6 Å². The van der Waals surface area contributed by atoms with Crippen LogP contribution < -0.4 is 24.8 Å². The van der Waals surface area contributed by atoms with Crippen molar-refractivity contribution in [1.82, 2.24) is 15.3 Å². The molecule has 4 rings (SSSR count). The summed E-state index contributed by atoms with van der Waals surface area (Å²) in [5, 5.41) is 5.18. The largest absolute Gasteiger partial charge is 0.486 e. The normalized spacial score (nSPS) is 12.7. The molecule has 0 radical (unpaired) electrons. The lowest BCUT2D eigenvalue weighted by atomic mass is 10.1. The second kappa shape index (κ2) is 9.86. The molecule has 178 valence electrons. The van der Waals surface area contributed by atoms with Gasteiger partial charge in [0.25, 0.3) is 5.91 Å². The van der Waals surface area contributed by atoms with Crippen LogP contribution in [0.2, 0.25) is 0 Å². The highest BCUT2D eigenvalue weighted by atomic mass is 19.4. The van der Waals surface area contributed by atoms with E-state index in [4.69, 9.17) is 14.2 Å². The molecule has 1 aromatic heterocycles. The summed E-state index contributed by atoms with van der Waals surface area (Å²) in [5.74, 6) is 0.925. The number of rotatable bonds is 7. The van der Waals surface area contributed by atoms with Gasteiger partial charge in [0.2, 0.25) is 0 Å². The molecule has 8 nitrogen and oxygen atoms in total. The summed E-state index contributed by atoms with van der Waals surface area (Å²) in [5.41, 5.74) is 0.0808. The van der Waals surface area contributed by atoms with Gasteiger partial charge in [0, 0.05) is 31.4 Å². The number of anilines is 2. The average Bonchev–Trinajstić information content (AvgIpc) is 2.82. The first-order valence-corrected chi connectivity index (χ1v) is 10.3. The summed E-state index contributed by atoms with van der Waals surface area (Å²) >= 11 is 0. The Morgan fingerprint density at radius 3 is 2.68 bits per heavy atom. The number of amides is 1. The molecule has 1 aliphatic heterocycles. The van der Waals surface area contributed by atoms with Gasteiger partial charge in [-0.25, -0.2) is 9.97 Å². The monoisotopic (exact) mass is 474 g/mol. The molecule has 0 bridgehead atoms. The number of hydrogen-bond acceptors (Lipinski definition) is 7. The highest BCUT2D eigenvalue weighted by Crippen LogP contribution is 2.37. The number of halogens is 3. The number of alkyl halides is 3. The van der Waals surface area contributed by atoms with Crippen LogP contribution in [0.5, 0.6) is 17.2 Å². The van der Waals surface area contributed by atoms with Gasteiger partial charge in [-0.3, -0.25) is 4.79 Å². The van der Waals surface area contributed by atoms with Crippen LogP contribution in [-0.4, -0.2) is 42.7 Å². The Morgan fingerprint density at radius 2 is 1.91 bits per heavy atom. The Bertz CT molecular complexity index is 1190. The van der Waals surface area contributed by atoms with Crippen LogP contribution >= 0.6 is 0 Å². The second-order valence-corrected chi connectivity index (χ2v) is 7.32. The first-order valence-electron chi connectivity index (χ1n) is 10.3. The molecule has 0 aliphatic carbocycles. The van der Waals surface area contributed by atoms with Crippen LogP contribution in [0.25, 0.3) is 0 Å². The summed E-state index contributed by atoms with van der Waals surface area (Å²) in [6, 6.07) is 11.6. The van der Waals surface area contributed by atoms with Crippen LogP contribution in [0.15, 0.2) is 48.7 Å². The van der Waals surface area contributed by atoms with E-state index in [-0.39, 0.29) is 30.6 Å². The van der Waals surface area contributed by atoms with Gasteiger partial charge < -0.3 is 24.8 Å². The molecule has 0 spiro atoms. The van der Waals surface area contributed by atoms with E-state index < -0.39 is 11.7 Å². The molecule has 1 aliphatic rings. The summed E-state index contributed by atoms with van der Waals surface area (Å²) in [7, 11) is 1.50. The van der Waals surface area contributed by atoms with Crippen LogP contribution in [0.1, 0.15) is 17.0 Å². The predicted molar refractivity (Wildman–Crippen MR) is 117 cm³/mol. The van der Waals surface area contributed by atoms with Gasteiger partial charge in [0.05, 0.1) is 0 Å². The minimum Gasteiger partial charge on any atom is -0.486 e. The summed E-state index contributed by atoms with van der Waals surface area (Å²) in [6.07, 6.45) is -3.73. The molecule has 2 heterocycles. The van der Waals surface area contributed by atoms with E-state index in [1.165, 1.54) is 7.05 Å². The fraction of sp³-hybridized carbons (Fsp3) is 0.261. The number of aromatic nitrogens is 2. The molecule has 0 fully saturated rings. The van der Waals surface area contributed by atoms with E-state index >= 15 is 0 Å². The SMILES string of the molecule is CNC(=O)COc1cccc(Cc2ncc(C(F)(F)F)c(Nc3ccc4c(c3)OCCO4)n2)c1. The van der Waals surface area contributed by atoms with Crippen LogP contribution in [0, 0.1) is 0 Å². The molecular weight excluding hydrogens is 453 g/mol. The third kappa shape index (κ3) is 5.66. The average molecular weight is 474 g/mol. The number of carbonyl (C=O) groups is 1. The lowest BCUT2D eigenvalue weighted by Crippen LogP contribution is -2.24. The Hall–Kier alpha value is -4.02. The zero-order chi connectivity index (χ0) is 24.1. The maximum atomic E-state index is 13.6. The number of fused-ring (bicyclic) bond motifs is 1. The zero-order valence-corrected chi connectivity index (χ0v) is 18.1. The van der Waals surface area contributed by atoms with Crippen molar-refractivity contribution < 1.29 is 32.2 Å². The third-order valence-electron chi connectivity index (χ3n) is 4.86. The van der Waals surface area contributed by atoms with Gasteiger partial charge in [0.1, 0.15) is 36.2 Å². The van der Waals surface area contributed by atoms with Gasteiger partial charge in [-0.15, -0.1) is 0 Å². The molecule has 34 heavy (non-hydrogen) atoms. The number of nitrogens with zero attached hydrogens (tertiary/aromatic N) is 2. The molecule has 0 atom stereocenters. The topological polar surface area (TPSA) is 94.6 Å². The van der Waals surface area contributed by atoms with Gasteiger partial charge in [-0.1, -0.05) is 12.1 Å². The van der Waals surface area contributed by atoms with Crippen molar-refractivity contribution in [1.29, 1.82) is 0 Å². The van der Waals surface area contributed by atoms with Gasteiger partial charge in [0.15, 0.2) is 18.1 Å². The van der Waals surface area contributed by atoms with E-state index in [0.717, 1.165) is 6.20 Å². The van der Waals surface area contributed by atoms with Gasteiger partial charge in [-0.2, -0.15) is 13.2 Å². The first-order chi connectivity index (χ1) is 16.3. The number of benzene rings is 2. The summed E-state index contributed by atoms with van der Waals surface area (Å²) in [4.78, 5) is 19.4. The van der Waals surface area contributed by atoms with E-state index in [1.54, 1.807) is 42.5 Å². The summed E-state index contributed by atoms with van der Waals surface area (Å²) in [6.45, 7) is 0.611. The van der Waals surface area contributed by atoms with Crippen molar-refractivity contribution in [3.8, 4) is 17.2 Å². The fourth-order valence-corrected chi connectivity index (χ4v) is 3.21. The molecule has 11 heteroatoms. The van der Waals surface area contributed by atoms with E-state index in [0.29, 0.717) is 41.7 Å². The molecule has 2 N–H and O–H groups in total. The zero-order valence-electron chi connectivity index (χ0n) is 18.1. The predicted octanol–water partition coefficient (Wildman–Crippen LogP) is 3.73. The Morgan fingerprint density at radius 1 is 1.12 bits per heavy atom. The minimum absolute atomic E-state index is 0.152. The molecule has 2 aromatic carbocycles. The highest BCUT2D eigenvalue weighted by molar-refractivity contribution is 5.77. The smallest absolute Gasteiger partial charge is 0.421 e. The van der Waals surface area contributed by atoms with Crippen LogP contribution in [-0.2, 0) is 17.4 Å². The van der Waals surface area contributed by atoms with Crippen molar-refractivity contribution in [2.45, 2.75) is 12.6 Å². The Kier molecular flexibility index (Phi) is 6.71. The Labute approximate surface area is 193 Å². The number of likely N-dealkylation sites (N-methyl/N-ethyl adjacent to an activating group) is 1. The summed E-state index contributed by atoms with van der Waals surface area (Å²) < 4.78 is 57.2. The van der Waals surface area contributed by atoms with Crippen molar-refractivity contribution >= 4 is 17.4 Å². The fourth-order valence-electron chi connectivity index (χ4n) is 3.21. The van der Waals surface area contributed by atoms with Crippen LogP contribution in [0.3, 0.4) is 0 Å². The molecule has 1 amide bonds. The second-order valence-electron chi connectivity index (χ2n) is 7.32. The molecule has 3 aromatic rings. The van der Waals surface area contributed by atoms with Gasteiger partial charge >= 0.3 is 6.18 Å². The van der Waals surface area contributed by atoms with E-state index in [9.17, 15) is 18.0 Å². The Balaban J connectivity index is 1.57. The van der Waals surface area contributed by atoms with Crippen LogP contribution in [0.4, 0.5) is 24.7 Å². The number of ether oxygens (including phenoxy) is 3. The van der Waals surface area contributed by atoms with Crippen molar-refractivity contribution in [2.75, 3.05) is 32.2 Å². The van der Waals surface area contributed by atoms with E-state index in [2.05, 4.69) is 20.6 Å². The minimum atomic E-state index is -4.65. The molecule has 0 unspecified atom stereocenters. The lowest BCUT2D eigenvalue weighted by Gasteiger charge is -2.20. The highest BCUT2D eigenvalue weighted by Gasteiger charge is 2.35. The number of carbonyl (C=O) groups excluding carboxylic acids is 1. The molecule has 0 saturated heterocycles. The number of hydrogen-bond donors (Lipinski definition) is 2. The van der Waals surface area contributed by atoms with Crippen molar-refractivity contribution in [3.63, 3.8) is 0 Å². The first kappa shape index (κ1) is 23.1. The maximum Gasteiger partial charge on any atom is 0.421 e. The standard InChI is InChI=1S/C23H21F3N4O4/c1-27-21(31)13-34-16-4-2-3-14(9-16)10-20-28-12-17(23(24,25)26)22(30-20)29-15-5-6-18-19(11-15)33-8-7-32-18/h2-6,9,11-12H,7-8,10,13H2,1H3,(H,27,31)(H,28,29,30). The quantitative estimate of drug-likeness (QED) is 0.539. The lowest BCUT2D eigenvalue weighted by molar-refractivity contribution is -0.137. The maximum absolute atomic E-state index is 13.6. The van der Waals surface area contributed by atoms with Gasteiger partial charge in [-0.05, 0) is 29.8 Å². The van der Waals surface area contributed by atoms with Crippen molar-refractivity contribution in [2.24, 2.45) is 0 Å². The number of nitrogens with one attached hydrogen (secondary N) is 2. The molecular formula is C23H21F3N4O4. The molecule has 0 saturated carbocycles. The van der Waals surface area contributed by atoms with E-state index in [1.807, 2.05) is 0 Å². The third-order valence-corrected chi connectivity index (χ3v) is 4.86.